The van der Waals surface area contributed by atoms with E-state index in [-0.39, 0.29) is 0 Å². The molecule has 0 aromatic carbocycles. The van der Waals surface area contributed by atoms with Gasteiger partial charge in [-0.1, -0.05) is 6.08 Å². The molecule has 0 amide bonds. The number of hydrogen-bond acceptors (Lipinski definition) is 3. The van der Waals surface area contributed by atoms with Crippen molar-refractivity contribution in [3.05, 3.63) is 30.4 Å². The molecular weight excluding hydrogens is 194 g/mol. The Morgan fingerprint density at radius 3 is 3.21 bits per heavy atom. The summed E-state index contributed by atoms with van der Waals surface area (Å²) in [6.07, 6.45) is 3.67. The number of aromatic nitrogens is 2. The maximum atomic E-state index is 4.21. The second kappa shape index (κ2) is 6.68. The van der Waals surface area contributed by atoms with Gasteiger partial charge in [-0.2, -0.15) is 11.8 Å². The maximum absolute atomic E-state index is 4.21. The highest BCUT2D eigenvalue weighted by atomic mass is 32.2. The van der Waals surface area contributed by atoms with Gasteiger partial charge in [-0.15, -0.1) is 6.58 Å². The van der Waals surface area contributed by atoms with E-state index in [0.717, 1.165) is 36.0 Å². The van der Waals surface area contributed by atoms with Gasteiger partial charge in [-0.05, 0) is 6.92 Å². The molecule has 1 heterocycles. The number of H-pyrrole nitrogens is 1. The van der Waals surface area contributed by atoms with E-state index >= 15 is 0 Å². The van der Waals surface area contributed by atoms with Crippen molar-refractivity contribution in [1.82, 2.24) is 15.3 Å². The van der Waals surface area contributed by atoms with Gasteiger partial charge in [-0.25, -0.2) is 4.98 Å². The van der Waals surface area contributed by atoms with Crippen LogP contribution < -0.4 is 5.32 Å². The zero-order valence-electron chi connectivity index (χ0n) is 8.55. The molecule has 0 atom stereocenters. The van der Waals surface area contributed by atoms with Crippen molar-refractivity contribution in [2.45, 2.75) is 13.5 Å². The van der Waals surface area contributed by atoms with E-state index in [1.165, 1.54) is 0 Å². The predicted molar refractivity (Wildman–Crippen MR) is 62.6 cm³/mol. The predicted octanol–water partition coefficient (Wildman–Crippen LogP) is 1.73. The van der Waals surface area contributed by atoms with Crippen LogP contribution in [0.25, 0.3) is 0 Å². The van der Waals surface area contributed by atoms with Crippen LogP contribution in [0.3, 0.4) is 0 Å². The summed E-state index contributed by atoms with van der Waals surface area (Å²) in [5, 5.41) is 3.35. The number of rotatable bonds is 7. The summed E-state index contributed by atoms with van der Waals surface area (Å²) < 4.78 is 0. The average Bonchev–Trinajstić information content (AvgIpc) is 2.58. The first kappa shape index (κ1) is 11.3. The number of nitrogens with one attached hydrogen (secondary N) is 2. The van der Waals surface area contributed by atoms with Crippen LogP contribution in [0.5, 0.6) is 0 Å². The van der Waals surface area contributed by atoms with E-state index in [9.17, 15) is 0 Å². The third-order valence-electron chi connectivity index (χ3n) is 1.89. The molecule has 0 aliphatic heterocycles. The van der Waals surface area contributed by atoms with E-state index in [2.05, 4.69) is 21.9 Å². The lowest BCUT2D eigenvalue weighted by molar-refractivity contribution is 0.715. The van der Waals surface area contributed by atoms with E-state index in [1.54, 1.807) is 6.33 Å². The van der Waals surface area contributed by atoms with Gasteiger partial charge >= 0.3 is 0 Å². The third-order valence-corrected chi connectivity index (χ3v) is 2.85. The highest BCUT2D eigenvalue weighted by molar-refractivity contribution is 7.99. The summed E-state index contributed by atoms with van der Waals surface area (Å²) in [5.41, 5.74) is 2.26. The molecule has 0 saturated heterocycles. The molecule has 4 heteroatoms. The molecule has 2 N–H and O–H groups in total. The van der Waals surface area contributed by atoms with Crippen LogP contribution in [-0.2, 0) is 6.54 Å². The summed E-state index contributed by atoms with van der Waals surface area (Å²) in [6, 6.07) is 0. The average molecular weight is 211 g/mol. The fourth-order valence-electron chi connectivity index (χ4n) is 1.08. The lowest BCUT2D eigenvalue weighted by Crippen LogP contribution is -2.17. The summed E-state index contributed by atoms with van der Waals surface area (Å²) >= 11 is 1.89. The Balaban J connectivity index is 2.04. The number of aryl methyl sites for hydroxylation is 1. The van der Waals surface area contributed by atoms with Crippen LogP contribution >= 0.6 is 11.8 Å². The van der Waals surface area contributed by atoms with Gasteiger partial charge in [0.05, 0.1) is 12.0 Å². The van der Waals surface area contributed by atoms with Gasteiger partial charge in [-0.3, -0.25) is 0 Å². The maximum Gasteiger partial charge on any atom is 0.0925 e. The molecule has 78 valence electrons. The zero-order valence-corrected chi connectivity index (χ0v) is 9.36. The molecule has 0 aliphatic carbocycles. The molecule has 1 rings (SSSR count). The van der Waals surface area contributed by atoms with Gasteiger partial charge in [0.15, 0.2) is 0 Å². The fraction of sp³-hybridized carbons (Fsp3) is 0.500. The first-order chi connectivity index (χ1) is 6.84. The summed E-state index contributed by atoms with van der Waals surface area (Å²) in [7, 11) is 0. The van der Waals surface area contributed by atoms with E-state index in [4.69, 9.17) is 0 Å². The summed E-state index contributed by atoms with van der Waals surface area (Å²) in [6.45, 7) is 7.58. The number of nitrogens with zero attached hydrogens (tertiary/aromatic N) is 1. The Hall–Kier alpha value is -0.740. The summed E-state index contributed by atoms with van der Waals surface area (Å²) in [4.78, 5) is 7.27. The van der Waals surface area contributed by atoms with Gasteiger partial charge in [0.2, 0.25) is 0 Å². The van der Waals surface area contributed by atoms with Gasteiger partial charge in [0, 0.05) is 30.3 Å². The Morgan fingerprint density at radius 2 is 2.57 bits per heavy atom. The van der Waals surface area contributed by atoms with E-state index in [1.807, 2.05) is 24.8 Å². The lowest BCUT2D eigenvalue weighted by atomic mass is 10.3. The highest BCUT2D eigenvalue weighted by Crippen LogP contribution is 2.00. The molecule has 0 bridgehead atoms. The van der Waals surface area contributed by atoms with Crippen molar-refractivity contribution in [3.63, 3.8) is 0 Å². The zero-order chi connectivity index (χ0) is 10.2. The molecule has 0 radical (unpaired) electrons. The Labute approximate surface area is 89.4 Å². The number of thioether (sulfide) groups is 1. The van der Waals surface area contributed by atoms with E-state index in [0.29, 0.717) is 0 Å². The number of hydrogen-bond donors (Lipinski definition) is 2. The lowest BCUT2D eigenvalue weighted by Gasteiger charge is -2.02. The van der Waals surface area contributed by atoms with Crippen molar-refractivity contribution in [2.75, 3.05) is 18.1 Å². The van der Waals surface area contributed by atoms with Gasteiger partial charge in [0.25, 0.3) is 0 Å². The van der Waals surface area contributed by atoms with E-state index < -0.39 is 0 Å². The summed E-state index contributed by atoms with van der Waals surface area (Å²) in [5.74, 6) is 2.15. The molecule has 1 aromatic rings. The van der Waals surface area contributed by atoms with Crippen molar-refractivity contribution in [2.24, 2.45) is 0 Å². The molecule has 0 unspecified atom stereocenters. The Kier molecular flexibility index (Phi) is 5.40. The molecule has 0 aliphatic rings. The second-order valence-electron chi connectivity index (χ2n) is 3.01. The van der Waals surface area contributed by atoms with Crippen molar-refractivity contribution < 1.29 is 0 Å². The van der Waals surface area contributed by atoms with Crippen LogP contribution in [0, 0.1) is 6.92 Å². The molecular formula is C10H17N3S. The Bertz CT molecular complexity index is 270. The van der Waals surface area contributed by atoms with Crippen molar-refractivity contribution in [1.29, 1.82) is 0 Å². The van der Waals surface area contributed by atoms with Crippen LogP contribution in [0.4, 0.5) is 0 Å². The van der Waals surface area contributed by atoms with Crippen LogP contribution in [0.1, 0.15) is 11.4 Å². The molecule has 1 aromatic heterocycles. The number of aromatic amines is 1. The van der Waals surface area contributed by atoms with Crippen LogP contribution in [0.2, 0.25) is 0 Å². The normalized spacial score (nSPS) is 10.4. The molecule has 14 heavy (non-hydrogen) atoms. The highest BCUT2D eigenvalue weighted by Gasteiger charge is 1.98. The second-order valence-corrected chi connectivity index (χ2v) is 4.16. The third kappa shape index (κ3) is 3.98. The molecule has 0 spiro atoms. The minimum atomic E-state index is 0.851. The molecule has 3 nitrogen and oxygen atoms in total. The quantitative estimate of drug-likeness (QED) is 0.533. The molecule has 0 saturated carbocycles. The monoisotopic (exact) mass is 211 g/mol. The minimum Gasteiger partial charge on any atom is -0.348 e. The first-order valence-corrected chi connectivity index (χ1v) is 5.88. The fourth-order valence-corrected chi connectivity index (χ4v) is 1.71. The van der Waals surface area contributed by atoms with Gasteiger partial charge < -0.3 is 10.3 Å². The smallest absolute Gasteiger partial charge is 0.0925 e. The van der Waals surface area contributed by atoms with Crippen molar-refractivity contribution in [3.8, 4) is 0 Å². The SMILES string of the molecule is C=CCSCCNCc1nc[nH]c1C. The van der Waals surface area contributed by atoms with Crippen LogP contribution in [-0.4, -0.2) is 28.0 Å². The topological polar surface area (TPSA) is 40.7 Å². The standard InChI is InChI=1S/C10H17N3S/c1-3-5-14-6-4-11-7-10-9(2)12-8-13-10/h3,8,11H,1,4-7H2,2H3,(H,12,13). The number of imidazole rings is 1. The molecule has 0 fully saturated rings. The van der Waals surface area contributed by atoms with Crippen LogP contribution in [0.15, 0.2) is 19.0 Å². The van der Waals surface area contributed by atoms with Gasteiger partial charge in [0.1, 0.15) is 0 Å². The minimum absolute atomic E-state index is 0.851. The Morgan fingerprint density at radius 1 is 1.71 bits per heavy atom. The van der Waals surface area contributed by atoms with Crippen molar-refractivity contribution >= 4 is 11.8 Å². The largest absolute Gasteiger partial charge is 0.348 e. The first-order valence-electron chi connectivity index (χ1n) is 4.72.